The molecule has 0 bridgehead atoms. The lowest BCUT2D eigenvalue weighted by molar-refractivity contribution is 0.112. The first-order valence-corrected chi connectivity index (χ1v) is 8.56. The van der Waals surface area contributed by atoms with E-state index in [-0.39, 0.29) is 0 Å². The van der Waals surface area contributed by atoms with Gasteiger partial charge in [-0.1, -0.05) is 42.8 Å². The summed E-state index contributed by atoms with van der Waals surface area (Å²) in [7, 11) is 0. The molecule has 1 atom stereocenters. The minimum absolute atomic E-state index is 0.487. The second kappa shape index (κ2) is 8.05. The summed E-state index contributed by atoms with van der Waals surface area (Å²) in [6.45, 7) is 6.38. The van der Waals surface area contributed by atoms with Crippen LogP contribution < -0.4 is 0 Å². The summed E-state index contributed by atoms with van der Waals surface area (Å²) in [6, 6.07) is 12.1. The maximum absolute atomic E-state index is 10.5. The third kappa shape index (κ3) is 4.53. The molecular formula is C20H24N4O. The molecule has 0 aliphatic heterocycles. The molecule has 0 radical (unpaired) electrons. The summed E-state index contributed by atoms with van der Waals surface area (Å²) in [5, 5.41) is 10.5. The van der Waals surface area contributed by atoms with Gasteiger partial charge in [-0.2, -0.15) is 0 Å². The number of imidazole rings is 1. The zero-order valence-corrected chi connectivity index (χ0v) is 14.7. The molecule has 0 aliphatic rings. The number of rotatable bonds is 7. The predicted molar refractivity (Wildman–Crippen MR) is 98.4 cm³/mol. The Labute approximate surface area is 148 Å². The van der Waals surface area contributed by atoms with Gasteiger partial charge in [-0.25, -0.2) is 9.97 Å². The van der Waals surface area contributed by atoms with Gasteiger partial charge in [0, 0.05) is 31.7 Å². The number of aliphatic hydroxyl groups is 1. The molecule has 3 aromatic rings. The van der Waals surface area contributed by atoms with E-state index >= 15 is 0 Å². The molecule has 0 amide bonds. The number of aryl methyl sites for hydroxylation is 1. The van der Waals surface area contributed by atoms with Crippen LogP contribution in [0.3, 0.4) is 0 Å². The molecule has 5 heteroatoms. The lowest BCUT2D eigenvalue weighted by Crippen LogP contribution is -2.28. The Bertz CT molecular complexity index is 766. The molecule has 25 heavy (non-hydrogen) atoms. The van der Waals surface area contributed by atoms with Crippen molar-refractivity contribution in [2.45, 2.75) is 26.5 Å². The summed E-state index contributed by atoms with van der Waals surface area (Å²) < 4.78 is 1.88. The molecular weight excluding hydrogens is 312 g/mol. The third-order valence-electron chi connectivity index (χ3n) is 4.32. The van der Waals surface area contributed by atoms with E-state index < -0.39 is 6.10 Å². The molecule has 0 saturated carbocycles. The highest BCUT2D eigenvalue weighted by molar-refractivity contribution is 5.26. The molecule has 0 aliphatic carbocycles. The molecule has 2 aromatic heterocycles. The zero-order chi connectivity index (χ0) is 17.6. The fraction of sp³-hybridized carbons (Fsp3) is 0.300. The van der Waals surface area contributed by atoms with Crippen LogP contribution in [-0.4, -0.2) is 37.6 Å². The van der Waals surface area contributed by atoms with Crippen molar-refractivity contribution >= 4 is 0 Å². The van der Waals surface area contributed by atoms with Crippen molar-refractivity contribution in [3.63, 3.8) is 0 Å². The van der Waals surface area contributed by atoms with Crippen LogP contribution in [0.2, 0.25) is 0 Å². The Kier molecular flexibility index (Phi) is 5.58. The normalized spacial score (nSPS) is 12.5. The molecule has 1 N–H and O–H groups in total. The van der Waals surface area contributed by atoms with Crippen LogP contribution >= 0.6 is 0 Å². The quantitative estimate of drug-likeness (QED) is 0.720. The zero-order valence-electron chi connectivity index (χ0n) is 14.7. The second-order valence-electron chi connectivity index (χ2n) is 6.25. The minimum Gasteiger partial charge on any atom is -0.387 e. The summed E-state index contributed by atoms with van der Waals surface area (Å²) in [4.78, 5) is 10.7. The van der Waals surface area contributed by atoms with Crippen molar-refractivity contribution in [1.29, 1.82) is 0 Å². The molecule has 3 rings (SSSR count). The molecule has 0 spiro atoms. The van der Waals surface area contributed by atoms with Crippen LogP contribution in [0.5, 0.6) is 0 Å². The Hall–Kier alpha value is -2.50. The van der Waals surface area contributed by atoms with Crippen LogP contribution in [-0.2, 0) is 6.54 Å². The maximum atomic E-state index is 10.5. The summed E-state index contributed by atoms with van der Waals surface area (Å²) in [6.07, 6.45) is 6.74. The highest BCUT2D eigenvalue weighted by Gasteiger charge is 2.13. The number of aliphatic hydroxyl groups excluding tert-OH is 1. The molecule has 130 valence electrons. The van der Waals surface area contributed by atoms with Crippen LogP contribution in [0.1, 0.15) is 29.7 Å². The largest absolute Gasteiger partial charge is 0.387 e. The fourth-order valence-electron chi connectivity index (χ4n) is 2.76. The van der Waals surface area contributed by atoms with E-state index in [1.54, 1.807) is 12.5 Å². The molecule has 5 nitrogen and oxygen atoms in total. The first kappa shape index (κ1) is 17.3. The third-order valence-corrected chi connectivity index (χ3v) is 4.32. The van der Waals surface area contributed by atoms with E-state index in [0.29, 0.717) is 6.54 Å². The van der Waals surface area contributed by atoms with Crippen molar-refractivity contribution < 1.29 is 5.11 Å². The van der Waals surface area contributed by atoms with Gasteiger partial charge in [-0.15, -0.1) is 0 Å². The molecule has 1 aromatic carbocycles. The number of likely N-dealkylation sites (N-methyl/N-ethyl adjacent to an activating group) is 1. The standard InChI is InChI=1S/C20H24N4O/c1-3-23(14-19(25)18-7-4-16(2)5-8-18)13-17-6-9-20(22-12-17)24-11-10-21-15-24/h4-12,15,19,25H,3,13-14H2,1-2H3. The van der Waals surface area contributed by atoms with Gasteiger partial charge in [-0.3, -0.25) is 9.47 Å². The second-order valence-corrected chi connectivity index (χ2v) is 6.25. The van der Waals surface area contributed by atoms with Gasteiger partial charge in [0.05, 0.1) is 6.10 Å². The highest BCUT2D eigenvalue weighted by Crippen LogP contribution is 2.16. The average Bonchev–Trinajstić information content (AvgIpc) is 3.17. The van der Waals surface area contributed by atoms with Crippen molar-refractivity contribution in [2.24, 2.45) is 0 Å². The molecule has 0 fully saturated rings. The van der Waals surface area contributed by atoms with Gasteiger partial charge in [0.1, 0.15) is 12.1 Å². The molecule has 0 saturated heterocycles. The van der Waals surface area contributed by atoms with E-state index in [1.165, 1.54) is 5.56 Å². The minimum atomic E-state index is -0.487. The number of benzene rings is 1. The number of hydrogen-bond donors (Lipinski definition) is 1. The number of pyridine rings is 1. The lowest BCUT2D eigenvalue weighted by Gasteiger charge is -2.24. The van der Waals surface area contributed by atoms with Crippen molar-refractivity contribution in [2.75, 3.05) is 13.1 Å². The number of nitrogens with zero attached hydrogens (tertiary/aromatic N) is 4. The van der Waals surface area contributed by atoms with Crippen LogP contribution in [0.4, 0.5) is 0 Å². The van der Waals surface area contributed by atoms with Crippen molar-refractivity contribution in [3.05, 3.63) is 78.0 Å². The maximum Gasteiger partial charge on any atom is 0.137 e. The predicted octanol–water partition coefficient (Wildman–Crippen LogP) is 3.13. The highest BCUT2D eigenvalue weighted by atomic mass is 16.3. The van der Waals surface area contributed by atoms with Crippen LogP contribution in [0.15, 0.2) is 61.3 Å². The van der Waals surface area contributed by atoms with Crippen molar-refractivity contribution in [3.8, 4) is 5.82 Å². The van der Waals surface area contributed by atoms with Crippen LogP contribution in [0, 0.1) is 6.92 Å². The molecule has 1 unspecified atom stereocenters. The van der Waals surface area contributed by atoms with Gasteiger partial charge in [0.15, 0.2) is 0 Å². The van der Waals surface area contributed by atoms with E-state index in [1.807, 2.05) is 47.3 Å². The fourth-order valence-corrected chi connectivity index (χ4v) is 2.76. The lowest BCUT2D eigenvalue weighted by atomic mass is 10.1. The van der Waals surface area contributed by atoms with Gasteiger partial charge in [-0.05, 0) is 30.7 Å². The average molecular weight is 336 g/mol. The Morgan fingerprint density at radius 1 is 1.16 bits per heavy atom. The van der Waals surface area contributed by atoms with Crippen LogP contribution in [0.25, 0.3) is 5.82 Å². The Morgan fingerprint density at radius 2 is 1.96 bits per heavy atom. The number of hydrogen-bond acceptors (Lipinski definition) is 4. The first-order chi connectivity index (χ1) is 12.2. The monoisotopic (exact) mass is 336 g/mol. The number of aromatic nitrogens is 3. The Morgan fingerprint density at radius 3 is 2.56 bits per heavy atom. The van der Waals surface area contributed by atoms with E-state index in [9.17, 15) is 5.11 Å². The Balaban J connectivity index is 1.62. The van der Waals surface area contributed by atoms with Gasteiger partial charge in [0.25, 0.3) is 0 Å². The topological polar surface area (TPSA) is 54.2 Å². The molecule has 2 heterocycles. The van der Waals surface area contributed by atoms with Crippen molar-refractivity contribution in [1.82, 2.24) is 19.4 Å². The summed E-state index contributed by atoms with van der Waals surface area (Å²) >= 11 is 0. The summed E-state index contributed by atoms with van der Waals surface area (Å²) in [5.41, 5.74) is 3.28. The first-order valence-electron chi connectivity index (χ1n) is 8.56. The van der Waals surface area contributed by atoms with E-state index in [2.05, 4.69) is 34.8 Å². The van der Waals surface area contributed by atoms with Gasteiger partial charge in [0.2, 0.25) is 0 Å². The smallest absolute Gasteiger partial charge is 0.137 e. The van der Waals surface area contributed by atoms with E-state index in [4.69, 9.17) is 0 Å². The summed E-state index contributed by atoms with van der Waals surface area (Å²) in [5.74, 6) is 0.851. The van der Waals surface area contributed by atoms with Gasteiger partial charge < -0.3 is 5.11 Å². The van der Waals surface area contributed by atoms with E-state index in [0.717, 1.165) is 30.0 Å². The SMILES string of the molecule is CCN(Cc1ccc(-n2ccnc2)nc1)CC(O)c1ccc(C)cc1. The van der Waals surface area contributed by atoms with Gasteiger partial charge >= 0.3 is 0 Å².